The normalized spacial score (nSPS) is 11.8. The average molecular weight is 472 g/mol. The zero-order valence-corrected chi connectivity index (χ0v) is 18.6. The molecule has 4 aromatic rings. The summed E-state index contributed by atoms with van der Waals surface area (Å²) in [6, 6.07) is 19.1. The van der Waals surface area contributed by atoms with Crippen LogP contribution in [0.1, 0.15) is 11.4 Å². The first-order valence-corrected chi connectivity index (χ1v) is 12.7. The van der Waals surface area contributed by atoms with Crippen molar-refractivity contribution in [1.29, 1.82) is 0 Å². The highest BCUT2D eigenvalue weighted by atomic mass is 33.1. The minimum Gasteiger partial charge on any atom is -0.291 e. The number of rotatable bonds is 10. The number of hydrogen-bond acceptors (Lipinski definition) is 8. The van der Waals surface area contributed by atoms with Crippen molar-refractivity contribution in [2.24, 2.45) is 0 Å². The summed E-state index contributed by atoms with van der Waals surface area (Å²) in [4.78, 5) is 5.08. The minimum atomic E-state index is -4.10. The second kappa shape index (κ2) is 10.0. The molecule has 2 aromatic heterocycles. The molecule has 1 N–H and O–H groups in total. The summed E-state index contributed by atoms with van der Waals surface area (Å²) >= 11 is 0. The van der Waals surface area contributed by atoms with E-state index in [4.69, 9.17) is 4.55 Å². The summed E-state index contributed by atoms with van der Waals surface area (Å²) in [7, 11) is -3.61. The maximum atomic E-state index is 11.1. The molecule has 0 unspecified atom stereocenters. The zero-order chi connectivity index (χ0) is 22.4. The van der Waals surface area contributed by atoms with Crippen LogP contribution in [0, 0.1) is 0 Å². The van der Waals surface area contributed by atoms with Gasteiger partial charge in [-0.1, -0.05) is 36.4 Å². The summed E-state index contributed by atoms with van der Waals surface area (Å²) in [5.74, 6) is 0.193. The van der Waals surface area contributed by atoms with Gasteiger partial charge < -0.3 is 0 Å². The summed E-state index contributed by atoms with van der Waals surface area (Å²) < 4.78 is 31.2. The SMILES string of the molecule is O=S(=O)(O)SCCN(Cc1cnn(-c2ccccc2)n1)Cc1cnn(-c2ccccc2)n1. The second-order valence-corrected chi connectivity index (χ2v) is 10.4. The molecule has 12 heteroatoms. The van der Waals surface area contributed by atoms with Crippen LogP contribution < -0.4 is 0 Å². The first-order valence-electron chi connectivity index (χ1n) is 9.74. The molecule has 0 radical (unpaired) electrons. The van der Waals surface area contributed by atoms with Crippen molar-refractivity contribution in [1.82, 2.24) is 34.9 Å². The Kier molecular flexibility index (Phi) is 6.95. The van der Waals surface area contributed by atoms with Gasteiger partial charge in [-0.05, 0) is 35.1 Å². The molecule has 0 spiro atoms. The first kappa shape index (κ1) is 22.1. The highest BCUT2D eigenvalue weighted by Crippen LogP contribution is 2.14. The summed E-state index contributed by atoms with van der Waals surface area (Å²) in [5, 5.41) is 17.7. The summed E-state index contributed by atoms with van der Waals surface area (Å²) in [6.45, 7) is 1.25. The summed E-state index contributed by atoms with van der Waals surface area (Å²) in [5.41, 5.74) is 3.14. The molecular weight excluding hydrogens is 450 g/mol. The van der Waals surface area contributed by atoms with Crippen LogP contribution >= 0.6 is 10.8 Å². The van der Waals surface area contributed by atoms with Gasteiger partial charge in [-0.25, -0.2) is 0 Å². The van der Waals surface area contributed by atoms with Gasteiger partial charge in [-0.2, -0.15) is 38.4 Å². The number of aromatic nitrogens is 6. The Bertz CT molecular complexity index is 1160. The lowest BCUT2D eigenvalue weighted by Gasteiger charge is -2.19. The Morgan fingerprint density at radius 1 is 0.812 bits per heavy atom. The van der Waals surface area contributed by atoms with Gasteiger partial charge >= 0.3 is 9.15 Å². The first-order chi connectivity index (χ1) is 15.5. The van der Waals surface area contributed by atoms with Crippen LogP contribution in [0.2, 0.25) is 0 Å². The van der Waals surface area contributed by atoms with Crippen molar-refractivity contribution in [3.63, 3.8) is 0 Å². The van der Waals surface area contributed by atoms with E-state index in [1.807, 2.05) is 65.6 Å². The van der Waals surface area contributed by atoms with E-state index in [9.17, 15) is 8.42 Å². The molecule has 32 heavy (non-hydrogen) atoms. The van der Waals surface area contributed by atoms with E-state index < -0.39 is 9.15 Å². The fourth-order valence-electron chi connectivity index (χ4n) is 3.05. The highest BCUT2D eigenvalue weighted by Gasteiger charge is 2.15. The van der Waals surface area contributed by atoms with Crippen LogP contribution in [-0.2, 0) is 22.2 Å². The fraction of sp³-hybridized carbons (Fsp3) is 0.200. The van der Waals surface area contributed by atoms with Crippen LogP contribution in [0.4, 0.5) is 0 Å². The molecule has 0 aliphatic rings. The van der Waals surface area contributed by atoms with Gasteiger partial charge in [0.25, 0.3) is 0 Å². The Morgan fingerprint density at radius 2 is 1.28 bits per heavy atom. The predicted octanol–water partition coefficient (Wildman–Crippen LogP) is 2.39. The minimum absolute atomic E-state index is 0.193. The highest BCUT2D eigenvalue weighted by molar-refractivity contribution is 8.69. The Hall–Kier alpha value is -3.06. The van der Waals surface area contributed by atoms with Crippen molar-refractivity contribution in [2.45, 2.75) is 13.1 Å². The monoisotopic (exact) mass is 471 g/mol. The molecule has 0 bridgehead atoms. The lowest BCUT2D eigenvalue weighted by molar-refractivity contribution is 0.266. The topological polar surface area (TPSA) is 119 Å². The molecule has 0 saturated heterocycles. The van der Waals surface area contributed by atoms with Gasteiger partial charge in [0.05, 0.1) is 35.2 Å². The smallest absolute Gasteiger partial charge is 0.291 e. The van der Waals surface area contributed by atoms with Gasteiger partial charge in [0.1, 0.15) is 0 Å². The van der Waals surface area contributed by atoms with Crippen LogP contribution in [0.5, 0.6) is 0 Å². The Labute approximate surface area is 189 Å². The van der Waals surface area contributed by atoms with Crippen molar-refractivity contribution in [3.05, 3.63) is 84.4 Å². The van der Waals surface area contributed by atoms with Crippen molar-refractivity contribution in [3.8, 4) is 11.4 Å². The molecule has 2 heterocycles. The molecule has 0 atom stereocenters. The quantitative estimate of drug-likeness (QED) is 0.275. The molecule has 0 fully saturated rings. The Balaban J connectivity index is 1.48. The number of para-hydroxylation sites is 2. The molecule has 2 aromatic carbocycles. The fourth-order valence-corrected chi connectivity index (χ4v) is 4.45. The molecular formula is C20H21N7O3S2. The lowest BCUT2D eigenvalue weighted by atomic mass is 10.3. The van der Waals surface area contributed by atoms with Gasteiger partial charge in [0, 0.05) is 25.4 Å². The van der Waals surface area contributed by atoms with Gasteiger partial charge in [0.15, 0.2) is 0 Å². The molecule has 0 aliphatic heterocycles. The van der Waals surface area contributed by atoms with Crippen LogP contribution in [-0.4, -0.2) is 60.2 Å². The molecule has 0 saturated carbocycles. The van der Waals surface area contributed by atoms with Crippen molar-refractivity contribution in [2.75, 3.05) is 12.3 Å². The lowest BCUT2D eigenvalue weighted by Crippen LogP contribution is -2.26. The van der Waals surface area contributed by atoms with Gasteiger partial charge in [0.2, 0.25) is 0 Å². The molecule has 10 nitrogen and oxygen atoms in total. The third-order valence-electron chi connectivity index (χ3n) is 4.46. The molecule has 0 aliphatic carbocycles. The van der Waals surface area contributed by atoms with E-state index in [0.717, 1.165) is 22.8 Å². The maximum Gasteiger partial charge on any atom is 0.319 e. The standard InChI is InChI=1S/C20H21N7O3S2/c28-32(29,30)31-12-11-25(15-17-13-21-26(23-17)19-7-3-1-4-8-19)16-18-14-22-27(24-18)20-9-5-2-6-10-20/h1-10,13-14H,11-12,15-16H2,(H,28,29,30). The van der Waals surface area contributed by atoms with Gasteiger partial charge in [-0.3, -0.25) is 9.45 Å². The summed E-state index contributed by atoms with van der Waals surface area (Å²) in [6.07, 6.45) is 3.35. The van der Waals surface area contributed by atoms with E-state index in [0.29, 0.717) is 30.4 Å². The van der Waals surface area contributed by atoms with E-state index in [1.54, 1.807) is 22.0 Å². The van der Waals surface area contributed by atoms with E-state index in [-0.39, 0.29) is 5.75 Å². The molecule has 166 valence electrons. The molecule has 0 amide bonds. The van der Waals surface area contributed by atoms with Crippen LogP contribution in [0.3, 0.4) is 0 Å². The average Bonchev–Trinajstić information content (AvgIpc) is 3.44. The predicted molar refractivity (Wildman–Crippen MR) is 121 cm³/mol. The van der Waals surface area contributed by atoms with Crippen LogP contribution in [0.15, 0.2) is 73.1 Å². The second-order valence-electron chi connectivity index (χ2n) is 6.88. The molecule has 4 rings (SSSR count). The van der Waals surface area contributed by atoms with Crippen molar-refractivity contribution >= 4 is 19.9 Å². The third kappa shape index (κ3) is 6.23. The largest absolute Gasteiger partial charge is 0.319 e. The van der Waals surface area contributed by atoms with Crippen molar-refractivity contribution < 1.29 is 13.0 Å². The van der Waals surface area contributed by atoms with Crippen LogP contribution in [0.25, 0.3) is 11.4 Å². The number of benzene rings is 2. The van der Waals surface area contributed by atoms with E-state index in [2.05, 4.69) is 20.4 Å². The van der Waals surface area contributed by atoms with E-state index in [1.165, 1.54) is 0 Å². The zero-order valence-electron chi connectivity index (χ0n) is 17.0. The number of hydrogen-bond donors (Lipinski definition) is 1. The number of nitrogens with zero attached hydrogens (tertiary/aromatic N) is 7. The maximum absolute atomic E-state index is 11.1. The van der Waals surface area contributed by atoms with E-state index >= 15 is 0 Å². The Morgan fingerprint density at radius 3 is 1.72 bits per heavy atom. The van der Waals surface area contributed by atoms with Gasteiger partial charge in [-0.15, -0.1) is 0 Å². The third-order valence-corrected chi connectivity index (χ3v) is 6.50.